The van der Waals surface area contributed by atoms with Crippen molar-refractivity contribution in [2.24, 2.45) is 4.99 Å². The molecule has 35 heavy (non-hydrogen) atoms. The van der Waals surface area contributed by atoms with Crippen LogP contribution in [0.25, 0.3) is 11.1 Å². The van der Waals surface area contributed by atoms with Gasteiger partial charge in [0.15, 0.2) is 9.84 Å². The summed E-state index contributed by atoms with van der Waals surface area (Å²) in [5, 5.41) is 6.18. The van der Waals surface area contributed by atoms with E-state index in [4.69, 9.17) is 0 Å². The van der Waals surface area contributed by atoms with Crippen molar-refractivity contribution in [1.29, 1.82) is 0 Å². The molecule has 0 aromatic heterocycles. The maximum Gasteiger partial charge on any atom is 0.255 e. The number of carbonyl (C=O) groups is 1. The predicted molar refractivity (Wildman–Crippen MR) is 139 cm³/mol. The molecule has 180 valence electrons. The molecule has 2 heterocycles. The minimum Gasteiger partial charge on any atom is -0.368 e. The first-order valence-electron chi connectivity index (χ1n) is 11.7. The Hall–Kier alpha value is -3.49. The topological polar surface area (TPSA) is 90.9 Å². The lowest BCUT2D eigenvalue weighted by Crippen LogP contribution is -2.39. The third-order valence-electron chi connectivity index (χ3n) is 6.50. The van der Waals surface area contributed by atoms with E-state index in [-0.39, 0.29) is 23.5 Å². The van der Waals surface area contributed by atoms with Crippen LogP contribution in [0.3, 0.4) is 0 Å². The van der Waals surface area contributed by atoms with Crippen LogP contribution in [0.15, 0.2) is 77.8 Å². The number of amides is 1. The summed E-state index contributed by atoms with van der Waals surface area (Å²) in [6.45, 7) is 2.59. The zero-order valence-electron chi connectivity index (χ0n) is 19.4. The normalized spacial score (nSPS) is 19.3. The molecule has 1 unspecified atom stereocenters. The molecule has 8 heteroatoms. The second kappa shape index (κ2) is 10.0. The van der Waals surface area contributed by atoms with E-state index in [0.29, 0.717) is 25.2 Å². The van der Waals surface area contributed by atoms with Crippen LogP contribution in [0.4, 0.5) is 5.69 Å². The van der Waals surface area contributed by atoms with Gasteiger partial charge in [-0.15, -0.1) is 0 Å². The van der Waals surface area contributed by atoms with Gasteiger partial charge in [0.2, 0.25) is 0 Å². The first-order chi connectivity index (χ1) is 16.9. The fourth-order valence-electron chi connectivity index (χ4n) is 4.34. The first kappa shape index (κ1) is 23.3. The fraction of sp³-hybridized carbons (Fsp3) is 0.259. The molecule has 1 fully saturated rings. The van der Waals surface area contributed by atoms with E-state index in [9.17, 15) is 13.2 Å². The number of rotatable bonds is 6. The Morgan fingerprint density at radius 2 is 1.54 bits per heavy atom. The van der Waals surface area contributed by atoms with Crippen LogP contribution >= 0.6 is 0 Å². The monoisotopic (exact) mass is 488 g/mol. The van der Waals surface area contributed by atoms with Crippen LogP contribution in [0.1, 0.15) is 27.5 Å². The van der Waals surface area contributed by atoms with Crippen LogP contribution in [-0.2, 0) is 16.4 Å². The molecule has 5 rings (SSSR count). The number of nitrogens with zero attached hydrogens (tertiary/aromatic N) is 2. The van der Waals surface area contributed by atoms with Gasteiger partial charge in [-0.2, -0.15) is 0 Å². The highest BCUT2D eigenvalue weighted by atomic mass is 32.2. The van der Waals surface area contributed by atoms with Gasteiger partial charge in [-0.1, -0.05) is 48.5 Å². The van der Waals surface area contributed by atoms with Gasteiger partial charge < -0.3 is 10.6 Å². The number of benzene rings is 3. The molecule has 2 aliphatic heterocycles. The molecule has 2 N–H and O–H groups in total. The summed E-state index contributed by atoms with van der Waals surface area (Å²) in [6, 6.07) is 24.0. The van der Waals surface area contributed by atoms with E-state index in [1.54, 1.807) is 6.34 Å². The van der Waals surface area contributed by atoms with Gasteiger partial charge in [0.1, 0.15) is 0 Å². The summed E-state index contributed by atoms with van der Waals surface area (Å²) >= 11 is 0. The van der Waals surface area contributed by atoms with Crippen LogP contribution in [0.2, 0.25) is 0 Å². The lowest BCUT2D eigenvalue weighted by atomic mass is 10.00. The van der Waals surface area contributed by atoms with Gasteiger partial charge in [-0.05, 0) is 46.5 Å². The SMILES string of the molecule is O=C(Nc1ccc(CN2CCS(=O)(=O)CC2)cc1)c1ccc(-c2ccc(C3CN=CN3)cc2)cc1. The number of nitrogens with one attached hydrogen (secondary N) is 2. The first-order valence-corrected chi connectivity index (χ1v) is 13.6. The number of carbonyl (C=O) groups excluding carboxylic acids is 1. The molecule has 0 saturated carbocycles. The lowest BCUT2D eigenvalue weighted by molar-refractivity contribution is 0.102. The van der Waals surface area contributed by atoms with Crippen molar-refractivity contribution in [1.82, 2.24) is 10.2 Å². The van der Waals surface area contributed by atoms with E-state index in [1.807, 2.05) is 48.5 Å². The lowest BCUT2D eigenvalue weighted by Gasteiger charge is -2.26. The van der Waals surface area contributed by atoms with Gasteiger partial charge in [0.25, 0.3) is 5.91 Å². The van der Waals surface area contributed by atoms with Crippen LogP contribution in [-0.4, -0.2) is 56.7 Å². The molecule has 0 spiro atoms. The van der Waals surface area contributed by atoms with Crippen LogP contribution in [0, 0.1) is 0 Å². The Labute approximate surface area is 205 Å². The van der Waals surface area contributed by atoms with Crippen molar-refractivity contribution < 1.29 is 13.2 Å². The minimum absolute atomic E-state index is 0.159. The summed E-state index contributed by atoms with van der Waals surface area (Å²) < 4.78 is 23.2. The minimum atomic E-state index is -2.87. The standard InChI is InChI=1S/C27H28N4O3S/c32-27(30-25-11-1-20(2-12-25)18-31-13-15-35(33,34)16-14-31)24-9-5-22(6-10-24)21-3-7-23(8-4-21)26-17-28-19-29-26/h1-12,19,26H,13-18H2,(H,28,29)(H,30,32). The van der Waals surface area contributed by atoms with Crippen LogP contribution < -0.4 is 10.6 Å². The largest absolute Gasteiger partial charge is 0.368 e. The zero-order valence-corrected chi connectivity index (χ0v) is 20.2. The molecule has 7 nitrogen and oxygen atoms in total. The van der Waals surface area contributed by atoms with E-state index in [2.05, 4.69) is 44.8 Å². The number of hydrogen-bond donors (Lipinski definition) is 2. The highest BCUT2D eigenvalue weighted by Gasteiger charge is 2.21. The van der Waals surface area contributed by atoms with E-state index < -0.39 is 9.84 Å². The van der Waals surface area contributed by atoms with Crippen molar-refractivity contribution in [3.8, 4) is 11.1 Å². The summed E-state index contributed by atoms with van der Waals surface area (Å²) in [5.74, 6) is 0.283. The van der Waals surface area contributed by atoms with Crippen molar-refractivity contribution in [2.45, 2.75) is 12.6 Å². The Morgan fingerprint density at radius 1 is 0.914 bits per heavy atom. The summed E-state index contributed by atoms with van der Waals surface area (Å²) in [6.07, 6.45) is 1.75. The Balaban J connectivity index is 1.16. The highest BCUT2D eigenvalue weighted by Crippen LogP contribution is 2.24. The van der Waals surface area contributed by atoms with E-state index in [0.717, 1.165) is 28.9 Å². The van der Waals surface area contributed by atoms with E-state index >= 15 is 0 Å². The molecule has 1 saturated heterocycles. The molecule has 3 aromatic rings. The third-order valence-corrected chi connectivity index (χ3v) is 8.11. The molecule has 1 atom stereocenters. The summed E-state index contributed by atoms with van der Waals surface area (Å²) in [7, 11) is -2.87. The number of anilines is 1. The molecule has 3 aromatic carbocycles. The average Bonchev–Trinajstić information content (AvgIpc) is 3.42. The van der Waals surface area contributed by atoms with Crippen molar-refractivity contribution in [3.63, 3.8) is 0 Å². The van der Waals surface area contributed by atoms with E-state index in [1.165, 1.54) is 5.56 Å². The van der Waals surface area contributed by atoms with Gasteiger partial charge in [0.05, 0.1) is 30.4 Å². The predicted octanol–water partition coefficient (Wildman–Crippen LogP) is 3.51. The number of aliphatic imine (C=N–C) groups is 1. The van der Waals surface area contributed by atoms with Crippen LogP contribution in [0.5, 0.6) is 0 Å². The molecule has 1 amide bonds. The van der Waals surface area contributed by atoms with Gasteiger partial charge in [-0.25, -0.2) is 8.42 Å². The van der Waals surface area contributed by atoms with Crippen molar-refractivity contribution >= 4 is 27.8 Å². The summed E-state index contributed by atoms with van der Waals surface area (Å²) in [4.78, 5) is 19.1. The maximum absolute atomic E-state index is 12.7. The zero-order chi connectivity index (χ0) is 24.3. The number of hydrogen-bond acceptors (Lipinski definition) is 6. The fourth-order valence-corrected chi connectivity index (χ4v) is 5.62. The molecular weight excluding hydrogens is 460 g/mol. The third kappa shape index (κ3) is 5.78. The Kier molecular flexibility index (Phi) is 6.66. The molecule has 0 bridgehead atoms. The summed E-state index contributed by atoms with van der Waals surface area (Å²) in [5.41, 5.74) is 5.77. The Bertz CT molecular complexity index is 1300. The van der Waals surface area contributed by atoms with Crippen molar-refractivity contribution in [3.05, 3.63) is 89.5 Å². The highest BCUT2D eigenvalue weighted by molar-refractivity contribution is 7.91. The molecule has 0 aliphatic carbocycles. The van der Waals surface area contributed by atoms with Gasteiger partial charge >= 0.3 is 0 Å². The maximum atomic E-state index is 12.7. The smallest absolute Gasteiger partial charge is 0.255 e. The second-order valence-corrected chi connectivity index (χ2v) is 11.3. The molecule has 0 radical (unpaired) electrons. The van der Waals surface area contributed by atoms with Gasteiger partial charge in [0, 0.05) is 30.9 Å². The Morgan fingerprint density at radius 3 is 2.14 bits per heavy atom. The van der Waals surface area contributed by atoms with Gasteiger partial charge in [-0.3, -0.25) is 14.7 Å². The quantitative estimate of drug-likeness (QED) is 0.554. The molecular formula is C27H28N4O3S. The number of sulfone groups is 1. The average molecular weight is 489 g/mol. The second-order valence-electron chi connectivity index (χ2n) is 8.99. The van der Waals surface area contributed by atoms with Crippen molar-refractivity contribution in [2.75, 3.05) is 36.5 Å². The molecule has 2 aliphatic rings.